The summed E-state index contributed by atoms with van der Waals surface area (Å²) in [7, 11) is 2.06. The van der Waals surface area contributed by atoms with Gasteiger partial charge in [0.1, 0.15) is 5.65 Å². The van der Waals surface area contributed by atoms with Crippen LogP contribution < -0.4 is 5.73 Å². The smallest absolute Gasteiger partial charge is 0.137 e. The fourth-order valence-electron chi connectivity index (χ4n) is 2.88. The van der Waals surface area contributed by atoms with Gasteiger partial charge in [-0.2, -0.15) is 0 Å². The quantitative estimate of drug-likeness (QED) is 0.590. The Morgan fingerprint density at radius 2 is 2.14 bits per heavy atom. The lowest BCUT2D eigenvalue weighted by molar-refractivity contribution is 0.968. The first-order valence-electron chi connectivity index (χ1n) is 6.98. The maximum atomic E-state index is 5.77. The van der Waals surface area contributed by atoms with E-state index < -0.39 is 0 Å². The normalized spacial score (nSPS) is 11.5. The minimum absolute atomic E-state index is 0.554. The van der Waals surface area contributed by atoms with Crippen LogP contribution in [0.4, 0.5) is 0 Å². The number of hydrogen-bond acceptors (Lipinski definition) is 2. The molecule has 0 unspecified atom stereocenters. The summed E-state index contributed by atoms with van der Waals surface area (Å²) in [4.78, 5) is 7.76. The largest absolute Gasteiger partial charge is 0.350 e. The van der Waals surface area contributed by atoms with Crippen molar-refractivity contribution in [1.82, 2.24) is 14.5 Å². The van der Waals surface area contributed by atoms with Gasteiger partial charge in [-0.1, -0.05) is 6.07 Å². The van der Waals surface area contributed by atoms with Crippen molar-refractivity contribution in [3.8, 4) is 11.3 Å². The molecule has 4 rings (SSSR count). The summed E-state index contributed by atoms with van der Waals surface area (Å²) >= 11 is 0. The summed E-state index contributed by atoms with van der Waals surface area (Å²) < 4.78 is 2.14. The number of nitrogens with two attached hydrogens (primary N) is 1. The van der Waals surface area contributed by atoms with Gasteiger partial charge < -0.3 is 15.3 Å². The highest BCUT2D eigenvalue weighted by atomic mass is 14.9. The topological polar surface area (TPSA) is 59.6 Å². The van der Waals surface area contributed by atoms with Crippen LogP contribution in [0.1, 0.15) is 5.56 Å². The molecule has 0 spiro atoms. The van der Waals surface area contributed by atoms with E-state index in [-0.39, 0.29) is 0 Å². The maximum Gasteiger partial charge on any atom is 0.137 e. The van der Waals surface area contributed by atoms with Crippen molar-refractivity contribution in [2.24, 2.45) is 12.8 Å². The number of pyridine rings is 1. The molecule has 21 heavy (non-hydrogen) atoms. The fraction of sp³-hybridized carbons (Fsp3) is 0.118. The molecule has 0 saturated heterocycles. The van der Waals surface area contributed by atoms with E-state index >= 15 is 0 Å². The number of nitrogens with zero attached hydrogens (tertiary/aromatic N) is 2. The van der Waals surface area contributed by atoms with Crippen molar-refractivity contribution in [2.75, 3.05) is 0 Å². The predicted octanol–water partition coefficient (Wildman–Crippen LogP) is 3.18. The number of fused-ring (bicyclic) bond motifs is 2. The SMILES string of the molecule is Cn1cc(-c2cc3cccnc3[nH]2)c2cc(CN)ccc21. The first-order chi connectivity index (χ1) is 10.3. The van der Waals surface area contributed by atoms with Gasteiger partial charge in [-0.25, -0.2) is 4.98 Å². The van der Waals surface area contributed by atoms with Crippen molar-refractivity contribution in [2.45, 2.75) is 6.54 Å². The molecule has 3 aromatic heterocycles. The lowest BCUT2D eigenvalue weighted by atomic mass is 10.1. The number of aromatic nitrogens is 3. The highest BCUT2D eigenvalue weighted by Crippen LogP contribution is 2.31. The zero-order chi connectivity index (χ0) is 14.4. The van der Waals surface area contributed by atoms with Crippen LogP contribution in [0.3, 0.4) is 0 Å². The predicted molar refractivity (Wildman–Crippen MR) is 85.9 cm³/mol. The third-order valence-electron chi connectivity index (χ3n) is 3.97. The molecule has 3 heterocycles. The van der Waals surface area contributed by atoms with Crippen molar-refractivity contribution >= 4 is 21.9 Å². The maximum absolute atomic E-state index is 5.77. The number of nitrogens with one attached hydrogen (secondary N) is 1. The molecular formula is C17H16N4. The van der Waals surface area contributed by atoms with Crippen LogP contribution in [0.25, 0.3) is 33.2 Å². The van der Waals surface area contributed by atoms with E-state index in [9.17, 15) is 0 Å². The molecule has 1 aromatic carbocycles. The molecule has 0 aliphatic rings. The molecule has 4 heteroatoms. The van der Waals surface area contributed by atoms with Crippen LogP contribution in [0.5, 0.6) is 0 Å². The Hall–Kier alpha value is -2.59. The van der Waals surface area contributed by atoms with Crippen LogP contribution in [-0.2, 0) is 13.6 Å². The van der Waals surface area contributed by atoms with E-state index in [0.29, 0.717) is 6.54 Å². The van der Waals surface area contributed by atoms with Gasteiger partial charge in [0.2, 0.25) is 0 Å². The molecule has 0 bridgehead atoms. The van der Waals surface area contributed by atoms with E-state index in [0.717, 1.165) is 22.3 Å². The Morgan fingerprint density at radius 3 is 2.95 bits per heavy atom. The van der Waals surface area contributed by atoms with Crippen LogP contribution in [-0.4, -0.2) is 14.5 Å². The van der Waals surface area contributed by atoms with E-state index in [4.69, 9.17) is 5.73 Å². The molecule has 3 N–H and O–H groups in total. The summed E-state index contributed by atoms with van der Waals surface area (Å²) in [5, 5.41) is 2.34. The first kappa shape index (κ1) is 12.2. The minimum Gasteiger partial charge on any atom is -0.350 e. The van der Waals surface area contributed by atoms with Gasteiger partial charge in [-0.3, -0.25) is 0 Å². The van der Waals surface area contributed by atoms with E-state index in [1.807, 2.05) is 6.07 Å². The second kappa shape index (κ2) is 4.46. The Labute approximate surface area is 122 Å². The molecule has 0 fully saturated rings. The Balaban J connectivity index is 2.00. The molecule has 4 aromatic rings. The molecule has 0 atom stereocenters. The van der Waals surface area contributed by atoms with Crippen molar-refractivity contribution in [3.05, 3.63) is 54.4 Å². The van der Waals surface area contributed by atoms with Gasteiger partial charge in [0.15, 0.2) is 0 Å². The zero-order valence-corrected chi connectivity index (χ0v) is 11.8. The average Bonchev–Trinajstić information content (AvgIpc) is 3.08. The van der Waals surface area contributed by atoms with E-state index in [2.05, 4.69) is 58.1 Å². The molecular weight excluding hydrogens is 260 g/mol. The molecule has 4 nitrogen and oxygen atoms in total. The number of aromatic amines is 1. The summed E-state index contributed by atoms with van der Waals surface area (Å²) in [6.45, 7) is 0.554. The molecule has 0 saturated carbocycles. The van der Waals surface area contributed by atoms with Crippen molar-refractivity contribution in [3.63, 3.8) is 0 Å². The highest BCUT2D eigenvalue weighted by Gasteiger charge is 2.11. The molecule has 104 valence electrons. The average molecular weight is 276 g/mol. The van der Waals surface area contributed by atoms with Gasteiger partial charge in [0.25, 0.3) is 0 Å². The number of H-pyrrole nitrogens is 1. The highest BCUT2D eigenvalue weighted by molar-refractivity contribution is 5.98. The Morgan fingerprint density at radius 1 is 1.24 bits per heavy atom. The van der Waals surface area contributed by atoms with Crippen molar-refractivity contribution in [1.29, 1.82) is 0 Å². The summed E-state index contributed by atoms with van der Waals surface area (Å²) in [5.74, 6) is 0. The molecule has 0 radical (unpaired) electrons. The minimum atomic E-state index is 0.554. The van der Waals surface area contributed by atoms with Crippen LogP contribution >= 0.6 is 0 Å². The van der Waals surface area contributed by atoms with Crippen LogP contribution in [0.15, 0.2) is 48.8 Å². The van der Waals surface area contributed by atoms with Crippen LogP contribution in [0.2, 0.25) is 0 Å². The monoisotopic (exact) mass is 276 g/mol. The van der Waals surface area contributed by atoms with Gasteiger partial charge >= 0.3 is 0 Å². The fourth-order valence-corrected chi connectivity index (χ4v) is 2.88. The van der Waals surface area contributed by atoms with Crippen LogP contribution in [0, 0.1) is 0 Å². The third kappa shape index (κ3) is 1.84. The second-order valence-corrected chi connectivity index (χ2v) is 5.33. The number of rotatable bonds is 2. The third-order valence-corrected chi connectivity index (χ3v) is 3.97. The van der Waals surface area contributed by atoms with Gasteiger partial charge in [-0.05, 0) is 35.9 Å². The Kier molecular flexibility index (Phi) is 2.59. The van der Waals surface area contributed by atoms with Gasteiger partial charge in [0.05, 0.1) is 0 Å². The molecule has 0 amide bonds. The lowest BCUT2D eigenvalue weighted by Crippen LogP contribution is -1.95. The first-order valence-corrected chi connectivity index (χ1v) is 6.98. The number of benzene rings is 1. The second-order valence-electron chi connectivity index (χ2n) is 5.33. The molecule has 0 aliphatic heterocycles. The Bertz CT molecular complexity index is 913. The van der Waals surface area contributed by atoms with Gasteiger partial charge in [-0.15, -0.1) is 0 Å². The lowest BCUT2D eigenvalue weighted by Gasteiger charge is -2.00. The summed E-state index contributed by atoms with van der Waals surface area (Å²) in [5.41, 5.74) is 11.3. The summed E-state index contributed by atoms with van der Waals surface area (Å²) in [6.07, 6.45) is 3.95. The van der Waals surface area contributed by atoms with E-state index in [1.54, 1.807) is 6.20 Å². The van der Waals surface area contributed by atoms with Crippen molar-refractivity contribution < 1.29 is 0 Å². The number of hydrogen-bond donors (Lipinski definition) is 2. The number of aryl methyl sites for hydroxylation is 1. The molecule has 0 aliphatic carbocycles. The van der Waals surface area contributed by atoms with Gasteiger partial charge in [0, 0.05) is 53.5 Å². The summed E-state index contributed by atoms with van der Waals surface area (Å²) in [6, 6.07) is 12.5. The zero-order valence-electron chi connectivity index (χ0n) is 11.8. The van der Waals surface area contributed by atoms with E-state index in [1.165, 1.54) is 16.5 Å². The standard InChI is InChI=1S/C17H16N4/c1-21-10-14(13-7-11(9-18)4-5-16(13)21)15-8-12-3-2-6-19-17(12)20-15/h2-8,10H,9,18H2,1H3,(H,19,20).